The van der Waals surface area contributed by atoms with E-state index in [-0.39, 0.29) is 0 Å². The van der Waals surface area contributed by atoms with E-state index in [2.05, 4.69) is 45.0 Å². The van der Waals surface area contributed by atoms with Gasteiger partial charge < -0.3 is 4.74 Å². The van der Waals surface area contributed by atoms with Crippen LogP contribution in [-0.4, -0.2) is 16.8 Å². The first-order valence-corrected chi connectivity index (χ1v) is 9.04. The predicted molar refractivity (Wildman–Crippen MR) is 97.6 cm³/mol. The third-order valence-electron chi connectivity index (χ3n) is 2.87. The molecule has 2 aromatic rings. The number of ether oxygens (including phenoxy) is 1. The van der Waals surface area contributed by atoms with Crippen LogP contribution in [0.3, 0.4) is 0 Å². The minimum atomic E-state index is 0.697. The molecule has 1 heterocycles. The van der Waals surface area contributed by atoms with Gasteiger partial charge in [-0.1, -0.05) is 53.2 Å². The van der Waals surface area contributed by atoms with Gasteiger partial charge in [0.25, 0.3) is 5.23 Å². The molecular formula is C17H19BrN2OS. The summed E-state index contributed by atoms with van der Waals surface area (Å²) in [5.74, 6) is 0.832. The summed E-state index contributed by atoms with van der Waals surface area (Å²) >= 11 is 5.06. The topological polar surface area (TPSA) is 34.5 Å². The van der Waals surface area contributed by atoms with Crippen LogP contribution in [0.25, 0.3) is 0 Å². The largest absolute Gasteiger partial charge is 0.473 e. The first-order chi connectivity index (χ1) is 10.8. The van der Waals surface area contributed by atoms with Gasteiger partial charge in [-0.05, 0) is 36.2 Å². The summed E-state index contributed by atoms with van der Waals surface area (Å²) in [5.41, 5.74) is 2.06. The fourth-order valence-electron chi connectivity index (χ4n) is 1.66. The fourth-order valence-corrected chi connectivity index (χ4v) is 2.74. The normalized spacial score (nSPS) is 11.5. The van der Waals surface area contributed by atoms with Gasteiger partial charge in [0.1, 0.15) is 0 Å². The van der Waals surface area contributed by atoms with Crippen LogP contribution in [0, 0.1) is 0 Å². The molecule has 0 aliphatic rings. The summed E-state index contributed by atoms with van der Waals surface area (Å²) < 4.78 is 6.90. The number of hydrogen-bond acceptors (Lipinski definition) is 4. The molecule has 0 unspecified atom stereocenters. The Bertz CT molecular complexity index is 587. The lowest BCUT2D eigenvalue weighted by atomic mass is 10.2. The standard InChI is InChI=1S/C17H19BrN2OS/c1-2-3-11-21-17(20-16-5-4-10-19-12-16)22-13-14-6-8-15(18)9-7-14/h4-10,12H,2-3,11,13H2,1H3. The van der Waals surface area contributed by atoms with Gasteiger partial charge in [-0.2, -0.15) is 0 Å². The Hall–Kier alpha value is -1.33. The molecule has 5 heteroatoms. The molecule has 0 N–H and O–H groups in total. The monoisotopic (exact) mass is 378 g/mol. The van der Waals surface area contributed by atoms with Gasteiger partial charge in [0, 0.05) is 16.4 Å². The number of rotatable bonds is 6. The highest BCUT2D eigenvalue weighted by Crippen LogP contribution is 2.20. The Kier molecular flexibility index (Phi) is 7.46. The molecule has 0 fully saturated rings. The zero-order valence-electron chi connectivity index (χ0n) is 12.5. The number of aromatic nitrogens is 1. The Balaban J connectivity index is 2.00. The molecule has 1 aromatic heterocycles. The highest BCUT2D eigenvalue weighted by Gasteiger charge is 2.04. The van der Waals surface area contributed by atoms with E-state index in [4.69, 9.17) is 4.74 Å². The molecule has 0 saturated carbocycles. The number of thioether (sulfide) groups is 1. The van der Waals surface area contributed by atoms with Gasteiger partial charge in [0.15, 0.2) is 0 Å². The second-order valence-electron chi connectivity index (χ2n) is 4.71. The van der Waals surface area contributed by atoms with Crippen molar-refractivity contribution in [3.05, 3.63) is 58.8 Å². The molecule has 1 aromatic carbocycles. The number of hydrogen-bond donors (Lipinski definition) is 0. The maximum absolute atomic E-state index is 5.81. The molecule has 2 rings (SSSR count). The first kappa shape index (κ1) is 17.0. The molecule has 0 aliphatic carbocycles. The van der Waals surface area contributed by atoms with Crippen molar-refractivity contribution >= 4 is 38.6 Å². The summed E-state index contributed by atoms with van der Waals surface area (Å²) in [4.78, 5) is 8.63. The summed E-state index contributed by atoms with van der Waals surface area (Å²) in [6, 6.07) is 12.1. The highest BCUT2D eigenvalue weighted by molar-refractivity contribution is 9.10. The fraction of sp³-hybridized carbons (Fsp3) is 0.294. The van der Waals surface area contributed by atoms with Crippen molar-refractivity contribution < 1.29 is 4.74 Å². The van der Waals surface area contributed by atoms with Crippen molar-refractivity contribution in [3.63, 3.8) is 0 Å². The van der Waals surface area contributed by atoms with Crippen LogP contribution in [0.2, 0.25) is 0 Å². The van der Waals surface area contributed by atoms with E-state index in [9.17, 15) is 0 Å². The molecule has 116 valence electrons. The van der Waals surface area contributed by atoms with Crippen LogP contribution in [0.15, 0.2) is 58.3 Å². The van der Waals surface area contributed by atoms with E-state index in [1.54, 1.807) is 24.2 Å². The number of halogens is 1. The van der Waals surface area contributed by atoms with Gasteiger partial charge in [-0.15, -0.1) is 0 Å². The van der Waals surface area contributed by atoms with E-state index in [1.807, 2.05) is 24.3 Å². The number of benzene rings is 1. The maximum Gasteiger partial charge on any atom is 0.251 e. The van der Waals surface area contributed by atoms with Crippen LogP contribution in [0.4, 0.5) is 5.69 Å². The molecule has 22 heavy (non-hydrogen) atoms. The zero-order chi connectivity index (χ0) is 15.6. The molecule has 0 aliphatic heterocycles. The van der Waals surface area contributed by atoms with E-state index in [0.29, 0.717) is 11.8 Å². The van der Waals surface area contributed by atoms with E-state index >= 15 is 0 Å². The molecule has 0 radical (unpaired) electrons. The van der Waals surface area contributed by atoms with Crippen LogP contribution in [0.5, 0.6) is 0 Å². The van der Waals surface area contributed by atoms with Gasteiger partial charge >= 0.3 is 0 Å². The molecule has 0 atom stereocenters. The Morgan fingerprint density at radius 3 is 2.77 bits per heavy atom. The van der Waals surface area contributed by atoms with Crippen LogP contribution in [0.1, 0.15) is 25.3 Å². The third-order valence-corrected chi connectivity index (χ3v) is 4.33. The summed E-state index contributed by atoms with van der Waals surface area (Å²) in [5, 5.41) is 0.698. The van der Waals surface area contributed by atoms with Crippen LogP contribution in [-0.2, 0) is 10.5 Å². The second-order valence-corrected chi connectivity index (χ2v) is 6.55. The zero-order valence-corrected chi connectivity index (χ0v) is 14.9. The second kappa shape index (κ2) is 9.64. The maximum atomic E-state index is 5.81. The summed E-state index contributed by atoms with van der Waals surface area (Å²) in [6.45, 7) is 2.85. The first-order valence-electron chi connectivity index (χ1n) is 7.26. The lowest BCUT2D eigenvalue weighted by molar-refractivity contribution is 0.306. The minimum Gasteiger partial charge on any atom is -0.473 e. The Labute approximate surface area is 144 Å². The van der Waals surface area contributed by atoms with Crippen molar-refractivity contribution in [2.24, 2.45) is 4.99 Å². The Morgan fingerprint density at radius 1 is 1.27 bits per heavy atom. The predicted octanol–water partition coefficient (Wildman–Crippen LogP) is 5.58. The van der Waals surface area contributed by atoms with Gasteiger partial charge in [0.2, 0.25) is 0 Å². The molecule has 0 saturated heterocycles. The number of aliphatic imine (C=N–C) groups is 1. The molecule has 0 amide bonds. The summed E-state index contributed by atoms with van der Waals surface area (Å²) in [7, 11) is 0. The quantitative estimate of drug-likeness (QED) is 0.373. The Morgan fingerprint density at radius 2 is 2.09 bits per heavy atom. The van der Waals surface area contributed by atoms with Crippen LogP contribution >= 0.6 is 27.7 Å². The number of unbranched alkanes of at least 4 members (excludes halogenated alkanes) is 1. The molecule has 3 nitrogen and oxygen atoms in total. The van der Waals surface area contributed by atoms with Crippen molar-refractivity contribution in [2.45, 2.75) is 25.5 Å². The number of nitrogens with zero attached hydrogens (tertiary/aromatic N) is 2. The van der Waals surface area contributed by atoms with Gasteiger partial charge in [-0.3, -0.25) is 4.98 Å². The average molecular weight is 379 g/mol. The average Bonchev–Trinajstić information content (AvgIpc) is 2.55. The van der Waals surface area contributed by atoms with Gasteiger partial charge in [0.05, 0.1) is 18.5 Å². The smallest absolute Gasteiger partial charge is 0.251 e. The van der Waals surface area contributed by atoms with E-state index in [1.165, 1.54) is 5.56 Å². The van der Waals surface area contributed by atoms with Crippen molar-refractivity contribution in [1.29, 1.82) is 0 Å². The minimum absolute atomic E-state index is 0.697. The lowest BCUT2D eigenvalue weighted by Gasteiger charge is -2.08. The third kappa shape index (κ3) is 6.20. The molecule has 0 bridgehead atoms. The van der Waals surface area contributed by atoms with Crippen LogP contribution < -0.4 is 0 Å². The van der Waals surface area contributed by atoms with Crippen molar-refractivity contribution in [2.75, 3.05) is 6.61 Å². The molecule has 0 spiro atoms. The van der Waals surface area contributed by atoms with Crippen molar-refractivity contribution in [1.82, 2.24) is 4.98 Å². The molecular weight excluding hydrogens is 360 g/mol. The summed E-state index contributed by atoms with van der Waals surface area (Å²) in [6.07, 6.45) is 5.62. The number of pyridine rings is 1. The van der Waals surface area contributed by atoms with Gasteiger partial charge in [-0.25, -0.2) is 4.99 Å². The van der Waals surface area contributed by atoms with Crippen molar-refractivity contribution in [3.8, 4) is 0 Å². The highest BCUT2D eigenvalue weighted by atomic mass is 79.9. The van der Waals surface area contributed by atoms with E-state index < -0.39 is 0 Å². The van der Waals surface area contributed by atoms with E-state index in [0.717, 1.165) is 28.8 Å². The lowest BCUT2D eigenvalue weighted by Crippen LogP contribution is -2.02. The SMILES string of the molecule is CCCCOC(=Nc1cccnc1)SCc1ccc(Br)cc1.